The van der Waals surface area contributed by atoms with Gasteiger partial charge in [-0.05, 0) is 18.8 Å². The second-order valence-electron chi connectivity index (χ2n) is 5.76. The molecule has 3 rings (SSSR count). The summed E-state index contributed by atoms with van der Waals surface area (Å²) in [4.78, 5) is 29.5. The van der Waals surface area contributed by atoms with Crippen LogP contribution in [0.15, 0.2) is 6.33 Å². The molecule has 108 valence electrons. The van der Waals surface area contributed by atoms with E-state index in [1.807, 2.05) is 0 Å². The van der Waals surface area contributed by atoms with Crippen molar-refractivity contribution in [2.45, 2.75) is 32.1 Å². The lowest BCUT2D eigenvalue weighted by Gasteiger charge is -2.23. The van der Waals surface area contributed by atoms with E-state index >= 15 is 0 Å². The van der Waals surface area contributed by atoms with Crippen LogP contribution in [0.25, 0.3) is 0 Å². The van der Waals surface area contributed by atoms with E-state index in [1.165, 1.54) is 6.33 Å². The van der Waals surface area contributed by atoms with Crippen molar-refractivity contribution in [1.29, 1.82) is 0 Å². The summed E-state index contributed by atoms with van der Waals surface area (Å²) in [5, 5.41) is 16.0. The molecule has 1 aliphatic heterocycles. The first-order chi connectivity index (χ1) is 9.62. The smallest absolute Gasteiger partial charge is 0.311 e. The lowest BCUT2D eigenvalue weighted by molar-refractivity contribution is -0.149. The van der Waals surface area contributed by atoms with Crippen molar-refractivity contribution in [3.8, 4) is 0 Å². The summed E-state index contributed by atoms with van der Waals surface area (Å²) in [6, 6.07) is 0. The number of nitrogens with zero attached hydrogens (tertiary/aromatic N) is 3. The topological polar surface area (TPSA) is 99.2 Å². The van der Waals surface area contributed by atoms with Crippen LogP contribution in [-0.4, -0.2) is 50.2 Å². The number of fused-ring (bicyclic) bond motifs is 1. The van der Waals surface area contributed by atoms with Gasteiger partial charge in [0, 0.05) is 25.9 Å². The molecule has 7 heteroatoms. The molecule has 0 spiro atoms. The van der Waals surface area contributed by atoms with Gasteiger partial charge >= 0.3 is 5.97 Å². The minimum Gasteiger partial charge on any atom is -0.481 e. The molecule has 2 fully saturated rings. The molecule has 20 heavy (non-hydrogen) atoms. The molecule has 2 heterocycles. The molecule has 1 aromatic rings. The van der Waals surface area contributed by atoms with E-state index < -0.39 is 11.4 Å². The molecule has 0 aromatic carbocycles. The van der Waals surface area contributed by atoms with Crippen LogP contribution in [0.2, 0.25) is 0 Å². The number of H-pyrrole nitrogens is 1. The summed E-state index contributed by atoms with van der Waals surface area (Å²) in [5.74, 6) is 0.0712. The summed E-state index contributed by atoms with van der Waals surface area (Å²) in [7, 11) is 0. The number of carbonyl (C=O) groups is 2. The van der Waals surface area contributed by atoms with Crippen LogP contribution in [-0.2, 0) is 16.0 Å². The second-order valence-corrected chi connectivity index (χ2v) is 5.76. The number of nitrogens with one attached hydrogen (secondary N) is 1. The van der Waals surface area contributed by atoms with Gasteiger partial charge < -0.3 is 10.0 Å². The Morgan fingerprint density at radius 2 is 2.40 bits per heavy atom. The highest BCUT2D eigenvalue weighted by atomic mass is 16.4. The van der Waals surface area contributed by atoms with Crippen LogP contribution in [0.4, 0.5) is 0 Å². The molecule has 2 N–H and O–H groups in total. The largest absolute Gasteiger partial charge is 0.481 e. The van der Waals surface area contributed by atoms with E-state index in [0.717, 1.165) is 12.8 Å². The molecule has 2 aliphatic rings. The summed E-state index contributed by atoms with van der Waals surface area (Å²) in [6.45, 7) is 0.948. The maximum atomic E-state index is 12.2. The lowest BCUT2D eigenvalue weighted by Crippen LogP contribution is -2.37. The Morgan fingerprint density at radius 3 is 3.05 bits per heavy atom. The predicted molar refractivity (Wildman–Crippen MR) is 68.7 cm³/mol. The Hall–Kier alpha value is -1.92. The highest BCUT2D eigenvalue weighted by molar-refractivity contribution is 5.81. The van der Waals surface area contributed by atoms with Crippen molar-refractivity contribution >= 4 is 11.9 Å². The van der Waals surface area contributed by atoms with Crippen LogP contribution in [0.3, 0.4) is 0 Å². The van der Waals surface area contributed by atoms with Crippen LogP contribution in [0.5, 0.6) is 0 Å². The van der Waals surface area contributed by atoms with Crippen LogP contribution in [0, 0.1) is 11.3 Å². The van der Waals surface area contributed by atoms with Gasteiger partial charge in [-0.25, -0.2) is 4.98 Å². The average Bonchev–Trinajstić information content (AvgIpc) is 3.10. The third-order valence-corrected chi connectivity index (χ3v) is 4.69. The number of rotatable bonds is 4. The fourth-order valence-electron chi connectivity index (χ4n) is 3.56. The number of aromatic amines is 1. The van der Waals surface area contributed by atoms with Gasteiger partial charge in [0.25, 0.3) is 0 Å². The fraction of sp³-hybridized carbons (Fsp3) is 0.692. The number of aromatic nitrogens is 3. The number of carboxylic acid groups (broad SMARTS) is 1. The molecular formula is C13H18N4O3. The van der Waals surface area contributed by atoms with Gasteiger partial charge in [0.2, 0.25) is 5.91 Å². The monoisotopic (exact) mass is 278 g/mol. The minimum absolute atomic E-state index is 0.0106. The van der Waals surface area contributed by atoms with Gasteiger partial charge in [0.05, 0.1) is 5.41 Å². The molecule has 1 aliphatic carbocycles. The average molecular weight is 278 g/mol. The first-order valence-corrected chi connectivity index (χ1v) is 6.97. The Labute approximate surface area is 116 Å². The molecule has 2 atom stereocenters. The third-order valence-electron chi connectivity index (χ3n) is 4.69. The van der Waals surface area contributed by atoms with Crippen LogP contribution < -0.4 is 0 Å². The Morgan fingerprint density at radius 1 is 1.55 bits per heavy atom. The highest BCUT2D eigenvalue weighted by Gasteiger charge is 2.55. The minimum atomic E-state index is -0.745. The molecular weight excluding hydrogens is 260 g/mol. The Balaban J connectivity index is 1.62. The summed E-state index contributed by atoms with van der Waals surface area (Å²) in [5.41, 5.74) is -0.693. The molecule has 0 unspecified atom stereocenters. The van der Waals surface area contributed by atoms with Gasteiger partial charge in [-0.2, -0.15) is 5.10 Å². The molecule has 7 nitrogen and oxygen atoms in total. The number of aryl methyl sites for hydroxylation is 1. The molecule has 1 amide bonds. The lowest BCUT2D eigenvalue weighted by atomic mass is 9.81. The molecule has 0 bridgehead atoms. The van der Waals surface area contributed by atoms with Crippen LogP contribution >= 0.6 is 0 Å². The predicted octanol–water partition coefficient (Wildman–Crippen LogP) is 0.451. The van der Waals surface area contributed by atoms with Crippen molar-refractivity contribution in [3.05, 3.63) is 12.2 Å². The van der Waals surface area contributed by atoms with E-state index in [0.29, 0.717) is 38.2 Å². The molecule has 1 aromatic heterocycles. The van der Waals surface area contributed by atoms with E-state index in [-0.39, 0.29) is 11.8 Å². The first-order valence-electron chi connectivity index (χ1n) is 6.97. The molecule has 1 saturated heterocycles. The van der Waals surface area contributed by atoms with Crippen molar-refractivity contribution in [2.75, 3.05) is 13.1 Å². The number of aliphatic carboxylic acids is 1. The number of likely N-dealkylation sites (tertiary alicyclic amines) is 1. The zero-order valence-electron chi connectivity index (χ0n) is 11.2. The third kappa shape index (κ3) is 2.07. The van der Waals surface area contributed by atoms with Crippen molar-refractivity contribution in [2.24, 2.45) is 11.3 Å². The molecule has 0 radical (unpaired) electrons. The Bertz CT molecular complexity index is 516. The number of amides is 1. The normalized spacial score (nSPS) is 28.6. The number of hydrogen-bond acceptors (Lipinski definition) is 4. The van der Waals surface area contributed by atoms with E-state index in [4.69, 9.17) is 0 Å². The number of hydrogen-bond donors (Lipinski definition) is 2. The van der Waals surface area contributed by atoms with Gasteiger partial charge in [0.15, 0.2) is 0 Å². The molecule has 1 saturated carbocycles. The van der Waals surface area contributed by atoms with E-state index in [1.54, 1.807) is 4.90 Å². The Kier molecular flexibility index (Phi) is 3.19. The zero-order chi connectivity index (χ0) is 14.2. The summed E-state index contributed by atoms with van der Waals surface area (Å²) in [6.07, 6.45) is 4.84. The van der Waals surface area contributed by atoms with Gasteiger partial charge in [-0.15, -0.1) is 0 Å². The standard InChI is InChI=1S/C13H18N4O3/c18-11(4-3-10-14-8-15-16-10)17-6-9-2-1-5-13(9,7-17)12(19)20/h8-9H,1-7H2,(H,19,20)(H,14,15,16)/t9-,13+/m0/s1. The number of carboxylic acids is 1. The van der Waals surface area contributed by atoms with Crippen molar-refractivity contribution in [1.82, 2.24) is 20.1 Å². The second kappa shape index (κ2) is 4.88. The van der Waals surface area contributed by atoms with Gasteiger partial charge in [0.1, 0.15) is 12.2 Å². The zero-order valence-corrected chi connectivity index (χ0v) is 11.2. The van der Waals surface area contributed by atoms with E-state index in [2.05, 4.69) is 15.2 Å². The first kappa shape index (κ1) is 13.1. The SMILES string of the molecule is O=C(CCc1ncn[nH]1)N1C[C@@H]2CCC[C@@]2(C(=O)O)C1. The van der Waals surface area contributed by atoms with Gasteiger partial charge in [-0.3, -0.25) is 14.7 Å². The fourth-order valence-corrected chi connectivity index (χ4v) is 3.56. The van der Waals surface area contributed by atoms with Crippen molar-refractivity contribution < 1.29 is 14.7 Å². The maximum absolute atomic E-state index is 12.2. The maximum Gasteiger partial charge on any atom is 0.311 e. The number of carbonyl (C=O) groups excluding carboxylic acids is 1. The van der Waals surface area contributed by atoms with Crippen LogP contribution in [0.1, 0.15) is 31.5 Å². The highest BCUT2D eigenvalue weighted by Crippen LogP contribution is 2.48. The summed E-state index contributed by atoms with van der Waals surface area (Å²) < 4.78 is 0. The quantitative estimate of drug-likeness (QED) is 0.833. The van der Waals surface area contributed by atoms with Crippen molar-refractivity contribution in [3.63, 3.8) is 0 Å². The van der Waals surface area contributed by atoms with E-state index in [9.17, 15) is 14.7 Å². The van der Waals surface area contributed by atoms with Gasteiger partial charge in [-0.1, -0.05) is 6.42 Å². The summed E-state index contributed by atoms with van der Waals surface area (Å²) >= 11 is 0.